The number of aliphatic hydroxyl groups is 1. The van der Waals surface area contributed by atoms with Crippen molar-refractivity contribution in [3.05, 3.63) is 119 Å². The lowest BCUT2D eigenvalue weighted by Gasteiger charge is -2.17. The van der Waals surface area contributed by atoms with Crippen LogP contribution < -0.4 is 4.74 Å². The highest BCUT2D eigenvalue weighted by Gasteiger charge is 2.40. The fourth-order valence-corrected chi connectivity index (χ4v) is 4.55. The van der Waals surface area contributed by atoms with Crippen LogP contribution in [0.1, 0.15) is 40.1 Å². The molecule has 0 radical (unpaired) electrons. The summed E-state index contributed by atoms with van der Waals surface area (Å²) >= 11 is 0. The summed E-state index contributed by atoms with van der Waals surface area (Å²) in [4.78, 5) is 39.6. The van der Waals surface area contributed by atoms with Crippen molar-refractivity contribution in [2.45, 2.75) is 19.4 Å². The molecule has 0 saturated heterocycles. The molecule has 1 aliphatic heterocycles. The minimum absolute atomic E-state index is 0.230. The highest BCUT2D eigenvalue weighted by molar-refractivity contribution is 6.45. The van der Waals surface area contributed by atoms with Crippen molar-refractivity contribution >= 4 is 34.1 Å². The largest absolute Gasteiger partial charge is 0.507 e. The van der Waals surface area contributed by atoms with Gasteiger partial charge in [-0.25, -0.2) is 4.79 Å². The molecule has 1 atom stereocenters. The van der Waals surface area contributed by atoms with Crippen molar-refractivity contribution in [2.24, 2.45) is 0 Å². The third kappa shape index (κ3) is 4.61. The summed E-state index contributed by atoms with van der Waals surface area (Å²) in [5, 5.41) is 13.2. The zero-order valence-electron chi connectivity index (χ0n) is 20.1. The van der Waals surface area contributed by atoms with Gasteiger partial charge in [0.15, 0.2) is 6.10 Å². The van der Waals surface area contributed by atoms with Crippen LogP contribution in [0.3, 0.4) is 0 Å². The van der Waals surface area contributed by atoms with E-state index in [1.807, 2.05) is 37.3 Å². The van der Waals surface area contributed by atoms with Gasteiger partial charge in [-0.15, -0.1) is 0 Å². The summed E-state index contributed by atoms with van der Waals surface area (Å²) < 4.78 is 11.2. The van der Waals surface area contributed by atoms with E-state index in [9.17, 15) is 19.5 Å². The summed E-state index contributed by atoms with van der Waals surface area (Å²) in [5.41, 5.74) is 1.33. The zero-order chi connectivity index (χ0) is 25.9. The van der Waals surface area contributed by atoms with E-state index in [0.29, 0.717) is 34.6 Å². The van der Waals surface area contributed by atoms with E-state index in [-0.39, 0.29) is 12.0 Å². The Hall–Kier alpha value is -4.71. The molecule has 0 unspecified atom stereocenters. The molecular weight excluding hydrogens is 468 g/mol. The van der Waals surface area contributed by atoms with Crippen LogP contribution >= 0.6 is 0 Å². The number of carbonyl (C=O) groups excluding carboxylic acids is 3. The highest BCUT2D eigenvalue weighted by Crippen LogP contribution is 2.39. The van der Waals surface area contributed by atoms with Crippen molar-refractivity contribution in [2.75, 3.05) is 6.61 Å². The number of esters is 1. The monoisotopic (exact) mass is 492 g/mol. The average molecular weight is 493 g/mol. The quantitative estimate of drug-likeness (QED) is 0.145. The third-order valence-corrected chi connectivity index (χ3v) is 6.35. The van der Waals surface area contributed by atoms with E-state index in [1.165, 1.54) is 0 Å². The second-order valence-electron chi connectivity index (χ2n) is 8.67. The summed E-state index contributed by atoms with van der Waals surface area (Å²) in [6.07, 6.45) is -1.44. The molecule has 184 valence electrons. The minimum atomic E-state index is -1.21. The normalized spacial score (nSPS) is 15.1. The number of ether oxygens (including phenoxy) is 2. The van der Waals surface area contributed by atoms with Crippen molar-refractivity contribution in [1.82, 2.24) is 0 Å². The fourth-order valence-electron chi connectivity index (χ4n) is 4.55. The van der Waals surface area contributed by atoms with Crippen molar-refractivity contribution in [3.8, 4) is 5.75 Å². The van der Waals surface area contributed by atoms with Gasteiger partial charge in [0.05, 0.1) is 17.7 Å². The number of fused-ring (bicyclic) bond motifs is 2. The molecule has 4 aromatic carbocycles. The van der Waals surface area contributed by atoms with Crippen LogP contribution in [0.25, 0.3) is 16.5 Å². The number of aliphatic hydroxyl groups excluding tert-OH is 1. The maximum Gasteiger partial charge on any atom is 0.339 e. The number of para-hydroxylation sites is 1. The van der Waals surface area contributed by atoms with Gasteiger partial charge in [-0.05, 0) is 35.9 Å². The number of Topliss-reactive ketones (excluding diaryl/α,β-unsaturated/α-hetero) is 2. The molecule has 0 fully saturated rings. The SMILES string of the molecule is CCOc1ccccc1CC(=O)C(=O)C(=C(O)c1ccc2ccccc2c1)[C@@H]1OC(=O)c2ccccc21. The summed E-state index contributed by atoms with van der Waals surface area (Å²) in [5.74, 6) is -2.20. The molecule has 1 N–H and O–H groups in total. The zero-order valence-corrected chi connectivity index (χ0v) is 20.1. The van der Waals surface area contributed by atoms with E-state index >= 15 is 0 Å². The number of hydrogen-bond acceptors (Lipinski definition) is 6. The van der Waals surface area contributed by atoms with Gasteiger partial charge in [-0.1, -0.05) is 72.8 Å². The van der Waals surface area contributed by atoms with E-state index in [2.05, 4.69) is 0 Å². The highest BCUT2D eigenvalue weighted by atomic mass is 16.5. The Labute approximate surface area is 213 Å². The van der Waals surface area contributed by atoms with Gasteiger partial charge < -0.3 is 14.6 Å². The lowest BCUT2D eigenvalue weighted by molar-refractivity contribution is -0.134. The Morgan fingerprint density at radius 2 is 1.59 bits per heavy atom. The van der Waals surface area contributed by atoms with Gasteiger partial charge in [-0.3, -0.25) is 9.59 Å². The molecule has 37 heavy (non-hydrogen) atoms. The lowest BCUT2D eigenvalue weighted by atomic mass is 9.90. The maximum absolute atomic E-state index is 13.7. The predicted molar refractivity (Wildman–Crippen MR) is 139 cm³/mol. The average Bonchev–Trinajstić information content (AvgIpc) is 3.25. The first kappa shape index (κ1) is 24.0. The van der Waals surface area contributed by atoms with Crippen LogP contribution in [-0.4, -0.2) is 29.2 Å². The summed E-state index contributed by atoms with van der Waals surface area (Å²) in [6, 6.07) is 26.4. The fraction of sp³-hybridized carbons (Fsp3) is 0.129. The molecular formula is C31H24O6. The van der Waals surface area contributed by atoms with E-state index in [0.717, 1.165) is 10.8 Å². The molecule has 0 spiro atoms. The van der Waals surface area contributed by atoms with E-state index < -0.39 is 29.4 Å². The van der Waals surface area contributed by atoms with Crippen LogP contribution in [0, 0.1) is 0 Å². The summed E-state index contributed by atoms with van der Waals surface area (Å²) in [7, 11) is 0. The number of hydrogen-bond donors (Lipinski definition) is 1. The molecule has 0 amide bonds. The number of benzene rings is 4. The van der Waals surface area contributed by atoms with Crippen LogP contribution in [-0.2, 0) is 20.7 Å². The topological polar surface area (TPSA) is 89.9 Å². The molecule has 5 rings (SSSR count). The number of carbonyl (C=O) groups is 3. The molecule has 1 heterocycles. The molecule has 6 heteroatoms. The Kier molecular flexibility index (Phi) is 6.56. The van der Waals surface area contributed by atoms with Gasteiger partial charge >= 0.3 is 5.97 Å². The molecule has 0 aliphatic carbocycles. The van der Waals surface area contributed by atoms with Gasteiger partial charge in [0, 0.05) is 23.1 Å². The maximum atomic E-state index is 13.7. The first-order valence-electron chi connectivity index (χ1n) is 12.0. The van der Waals surface area contributed by atoms with Gasteiger partial charge in [0.1, 0.15) is 11.5 Å². The van der Waals surface area contributed by atoms with Gasteiger partial charge in [0.2, 0.25) is 11.6 Å². The molecule has 1 aliphatic rings. The smallest absolute Gasteiger partial charge is 0.339 e. The van der Waals surface area contributed by atoms with Crippen LogP contribution in [0.15, 0.2) is 96.6 Å². The predicted octanol–water partition coefficient (Wildman–Crippen LogP) is 5.80. The first-order chi connectivity index (χ1) is 18.0. The lowest BCUT2D eigenvalue weighted by Crippen LogP contribution is -2.24. The Morgan fingerprint density at radius 1 is 0.892 bits per heavy atom. The second-order valence-corrected chi connectivity index (χ2v) is 8.67. The molecule has 0 aromatic heterocycles. The van der Waals surface area contributed by atoms with Crippen molar-refractivity contribution in [3.63, 3.8) is 0 Å². The number of rotatable bonds is 8. The van der Waals surface area contributed by atoms with Gasteiger partial charge in [0.25, 0.3) is 0 Å². The molecule has 0 bridgehead atoms. The van der Waals surface area contributed by atoms with Crippen LogP contribution in [0.5, 0.6) is 5.75 Å². The van der Waals surface area contributed by atoms with Gasteiger partial charge in [-0.2, -0.15) is 0 Å². The Balaban J connectivity index is 1.60. The molecule has 0 saturated carbocycles. The van der Waals surface area contributed by atoms with E-state index in [1.54, 1.807) is 60.7 Å². The van der Waals surface area contributed by atoms with Crippen LogP contribution in [0.4, 0.5) is 0 Å². The van der Waals surface area contributed by atoms with Crippen LogP contribution in [0.2, 0.25) is 0 Å². The first-order valence-corrected chi connectivity index (χ1v) is 12.0. The third-order valence-electron chi connectivity index (χ3n) is 6.35. The standard InChI is InChI=1S/C31H24O6/c1-2-36-26-14-8-5-11-21(26)18-25(32)29(34)27(30-23-12-6-7-13-24(23)31(35)37-30)28(33)22-16-15-19-9-3-4-10-20(19)17-22/h3-17,30,33H,2,18H2,1H3/t30-/m1/s1. The van der Waals surface area contributed by atoms with Crippen molar-refractivity contribution < 1.29 is 29.0 Å². The van der Waals surface area contributed by atoms with Crippen molar-refractivity contribution in [1.29, 1.82) is 0 Å². The van der Waals surface area contributed by atoms with E-state index in [4.69, 9.17) is 9.47 Å². The molecule has 4 aromatic rings. The Bertz CT molecular complexity index is 1570. The second kappa shape index (κ2) is 10.1. The number of cyclic esters (lactones) is 1. The molecule has 6 nitrogen and oxygen atoms in total. The summed E-state index contributed by atoms with van der Waals surface area (Å²) in [6.45, 7) is 2.24. The Morgan fingerprint density at radius 3 is 2.41 bits per heavy atom. The minimum Gasteiger partial charge on any atom is -0.507 e. The number of ketones is 2.